The van der Waals surface area contributed by atoms with Crippen molar-refractivity contribution in [1.29, 1.82) is 0 Å². The second kappa shape index (κ2) is 6.21. The number of aromatic amines is 1. The maximum absolute atomic E-state index is 12.2. The molecule has 1 fully saturated rings. The summed E-state index contributed by atoms with van der Waals surface area (Å²) in [5, 5.41) is 6.14. The van der Waals surface area contributed by atoms with Gasteiger partial charge in [-0.05, 0) is 19.3 Å². The van der Waals surface area contributed by atoms with E-state index < -0.39 is 5.76 Å². The Morgan fingerprint density at radius 2 is 2.29 bits per heavy atom. The number of carbonyl (C=O) groups is 1. The summed E-state index contributed by atoms with van der Waals surface area (Å²) < 4.78 is 4.98. The third kappa shape index (κ3) is 3.38. The van der Waals surface area contributed by atoms with E-state index in [0.717, 1.165) is 24.1 Å². The number of aryl methyl sites for hydroxylation is 1. The van der Waals surface area contributed by atoms with Crippen LogP contribution in [0.25, 0.3) is 0 Å². The maximum Gasteiger partial charge on any atom is 0.434 e. The molecule has 0 aliphatic carbocycles. The Kier molecular flexibility index (Phi) is 4.14. The van der Waals surface area contributed by atoms with Crippen molar-refractivity contribution in [2.45, 2.75) is 31.6 Å². The van der Waals surface area contributed by atoms with Gasteiger partial charge in [0.05, 0.1) is 5.51 Å². The van der Waals surface area contributed by atoms with Crippen molar-refractivity contribution in [3.05, 3.63) is 33.0 Å². The first-order valence-corrected chi connectivity index (χ1v) is 7.81. The van der Waals surface area contributed by atoms with Gasteiger partial charge < -0.3 is 9.32 Å². The fraction of sp³-hybridized carbons (Fsp3) is 0.538. The van der Waals surface area contributed by atoms with E-state index in [0.29, 0.717) is 25.4 Å². The summed E-state index contributed by atoms with van der Waals surface area (Å²) in [7, 11) is 0. The van der Waals surface area contributed by atoms with Crippen LogP contribution in [0, 0.1) is 0 Å². The molecule has 0 saturated carbocycles. The van der Waals surface area contributed by atoms with Gasteiger partial charge in [0.2, 0.25) is 11.8 Å². The summed E-state index contributed by atoms with van der Waals surface area (Å²) in [4.78, 5) is 30.1. The molecule has 112 valence electrons. The first-order valence-electron chi connectivity index (χ1n) is 6.93. The number of nitrogens with one attached hydrogen (secondary N) is 1. The minimum atomic E-state index is -0.520. The normalized spacial score (nSPS) is 16.3. The summed E-state index contributed by atoms with van der Waals surface area (Å²) in [5.74, 6) is 0.227. The molecule has 0 unspecified atom stereocenters. The van der Waals surface area contributed by atoms with Crippen molar-refractivity contribution in [3.8, 4) is 0 Å². The van der Waals surface area contributed by atoms with E-state index in [-0.39, 0.29) is 11.8 Å². The number of hydrogen-bond acceptors (Lipinski definition) is 6. The zero-order valence-electron chi connectivity index (χ0n) is 11.4. The fourth-order valence-electron chi connectivity index (χ4n) is 2.55. The van der Waals surface area contributed by atoms with Crippen LogP contribution < -0.4 is 5.76 Å². The molecular formula is C13H16N4O3S. The standard InChI is InChI=1S/C13H16N4O3S/c18-11(2-1-10-7-14-8-21-10)17-5-3-9(4-6-17)12-15-16-13(19)20-12/h7-9H,1-6H2,(H,16,19). The predicted octanol–water partition coefficient (Wildman–Crippen LogP) is 1.16. The van der Waals surface area contributed by atoms with Gasteiger partial charge in [0.1, 0.15) is 0 Å². The number of aromatic nitrogens is 3. The average molecular weight is 308 g/mol. The molecule has 8 heteroatoms. The average Bonchev–Trinajstić information content (AvgIpc) is 3.16. The van der Waals surface area contributed by atoms with Gasteiger partial charge in [-0.2, -0.15) is 0 Å². The Labute approximate surface area is 125 Å². The minimum Gasteiger partial charge on any atom is -0.392 e. The van der Waals surface area contributed by atoms with Gasteiger partial charge in [0.15, 0.2) is 0 Å². The number of amides is 1. The van der Waals surface area contributed by atoms with Gasteiger partial charge in [-0.25, -0.2) is 9.89 Å². The number of likely N-dealkylation sites (tertiary alicyclic amines) is 1. The van der Waals surface area contributed by atoms with Crippen LogP contribution in [0.2, 0.25) is 0 Å². The van der Waals surface area contributed by atoms with E-state index in [4.69, 9.17) is 4.42 Å². The van der Waals surface area contributed by atoms with Crippen LogP contribution in [0.5, 0.6) is 0 Å². The van der Waals surface area contributed by atoms with Gasteiger partial charge >= 0.3 is 5.76 Å². The molecule has 1 aliphatic rings. The molecule has 3 rings (SSSR count). The Hall–Kier alpha value is -1.96. The molecular weight excluding hydrogens is 292 g/mol. The SMILES string of the molecule is O=C(CCc1cncs1)N1CCC(c2n[nH]c(=O)o2)CC1. The molecule has 2 aromatic heterocycles. The van der Waals surface area contributed by atoms with Crippen LogP contribution in [0.3, 0.4) is 0 Å². The lowest BCUT2D eigenvalue weighted by atomic mass is 9.96. The zero-order valence-corrected chi connectivity index (χ0v) is 12.3. The predicted molar refractivity (Wildman–Crippen MR) is 76.1 cm³/mol. The van der Waals surface area contributed by atoms with Crippen LogP contribution in [-0.2, 0) is 11.2 Å². The van der Waals surface area contributed by atoms with E-state index >= 15 is 0 Å². The lowest BCUT2D eigenvalue weighted by Gasteiger charge is -2.30. The van der Waals surface area contributed by atoms with Crippen LogP contribution in [0.1, 0.15) is 35.9 Å². The van der Waals surface area contributed by atoms with E-state index in [1.54, 1.807) is 16.8 Å². The Bertz CT molecular complexity index is 640. The number of rotatable bonds is 4. The quantitative estimate of drug-likeness (QED) is 0.915. The highest BCUT2D eigenvalue weighted by Crippen LogP contribution is 2.26. The van der Waals surface area contributed by atoms with Crippen molar-refractivity contribution in [3.63, 3.8) is 0 Å². The molecule has 0 radical (unpaired) electrons. The summed E-state index contributed by atoms with van der Waals surface area (Å²) in [5.41, 5.74) is 1.78. The Balaban J connectivity index is 1.48. The third-order valence-corrected chi connectivity index (χ3v) is 4.56. The second-order valence-corrected chi connectivity index (χ2v) is 6.05. The van der Waals surface area contributed by atoms with Crippen molar-refractivity contribution >= 4 is 17.2 Å². The highest BCUT2D eigenvalue weighted by Gasteiger charge is 2.26. The molecule has 0 aromatic carbocycles. The van der Waals surface area contributed by atoms with E-state index in [2.05, 4.69) is 15.2 Å². The molecule has 3 heterocycles. The number of hydrogen-bond donors (Lipinski definition) is 1. The Morgan fingerprint density at radius 1 is 1.48 bits per heavy atom. The van der Waals surface area contributed by atoms with Gasteiger partial charge in [0, 0.05) is 36.5 Å². The number of carbonyl (C=O) groups excluding carboxylic acids is 1. The molecule has 0 spiro atoms. The van der Waals surface area contributed by atoms with E-state index in [1.807, 2.05) is 11.1 Å². The fourth-order valence-corrected chi connectivity index (χ4v) is 3.14. The summed E-state index contributed by atoms with van der Waals surface area (Å²) in [6, 6.07) is 0. The molecule has 0 bridgehead atoms. The van der Waals surface area contributed by atoms with Crippen LogP contribution in [0.4, 0.5) is 0 Å². The molecule has 1 N–H and O–H groups in total. The summed E-state index contributed by atoms with van der Waals surface area (Å²) in [6.45, 7) is 1.37. The van der Waals surface area contributed by atoms with Crippen LogP contribution in [0.15, 0.2) is 20.9 Å². The van der Waals surface area contributed by atoms with Crippen molar-refractivity contribution < 1.29 is 9.21 Å². The highest BCUT2D eigenvalue weighted by molar-refractivity contribution is 7.09. The first kappa shape index (κ1) is 14.0. The van der Waals surface area contributed by atoms with Gasteiger partial charge in [0.25, 0.3) is 0 Å². The lowest BCUT2D eigenvalue weighted by molar-refractivity contribution is -0.132. The summed E-state index contributed by atoms with van der Waals surface area (Å²) >= 11 is 1.58. The molecule has 1 amide bonds. The number of H-pyrrole nitrogens is 1. The van der Waals surface area contributed by atoms with E-state index in [9.17, 15) is 9.59 Å². The van der Waals surface area contributed by atoms with E-state index in [1.165, 1.54) is 0 Å². The number of thiazole rings is 1. The van der Waals surface area contributed by atoms with Crippen LogP contribution in [-0.4, -0.2) is 39.1 Å². The maximum atomic E-state index is 12.2. The first-order chi connectivity index (χ1) is 10.2. The smallest absolute Gasteiger partial charge is 0.392 e. The molecule has 7 nitrogen and oxygen atoms in total. The minimum absolute atomic E-state index is 0.120. The Morgan fingerprint density at radius 3 is 2.90 bits per heavy atom. The zero-order chi connectivity index (χ0) is 14.7. The van der Waals surface area contributed by atoms with Crippen molar-refractivity contribution in [2.24, 2.45) is 0 Å². The molecule has 0 atom stereocenters. The van der Waals surface area contributed by atoms with Crippen molar-refractivity contribution in [2.75, 3.05) is 13.1 Å². The monoisotopic (exact) mass is 308 g/mol. The topological polar surface area (TPSA) is 92.1 Å². The van der Waals surface area contributed by atoms with Gasteiger partial charge in [-0.3, -0.25) is 9.78 Å². The van der Waals surface area contributed by atoms with Crippen LogP contribution >= 0.6 is 11.3 Å². The molecule has 1 saturated heterocycles. The lowest BCUT2D eigenvalue weighted by Crippen LogP contribution is -2.38. The van der Waals surface area contributed by atoms with Gasteiger partial charge in [-0.1, -0.05) is 0 Å². The second-order valence-electron chi connectivity index (χ2n) is 5.07. The number of piperidine rings is 1. The largest absolute Gasteiger partial charge is 0.434 e. The highest BCUT2D eigenvalue weighted by atomic mass is 32.1. The van der Waals surface area contributed by atoms with Crippen molar-refractivity contribution in [1.82, 2.24) is 20.1 Å². The molecule has 2 aromatic rings. The summed E-state index contributed by atoms with van der Waals surface area (Å²) in [6.07, 6.45) is 4.63. The third-order valence-electron chi connectivity index (χ3n) is 3.72. The van der Waals surface area contributed by atoms with Gasteiger partial charge in [-0.15, -0.1) is 16.4 Å². The number of nitrogens with zero attached hydrogens (tertiary/aromatic N) is 3. The molecule has 1 aliphatic heterocycles. The molecule has 21 heavy (non-hydrogen) atoms.